The van der Waals surface area contributed by atoms with E-state index in [4.69, 9.17) is 9.84 Å². The van der Waals surface area contributed by atoms with Gasteiger partial charge in [0.25, 0.3) is 0 Å². The van der Waals surface area contributed by atoms with E-state index in [1.807, 2.05) is 18.2 Å². The highest BCUT2D eigenvalue weighted by molar-refractivity contribution is 5.89. The Morgan fingerprint density at radius 2 is 1.96 bits per heavy atom. The van der Waals surface area contributed by atoms with Crippen molar-refractivity contribution >= 4 is 17.7 Å². The minimum Gasteiger partial charge on any atom is -0.494 e. The molecule has 0 aromatic heterocycles. The minimum atomic E-state index is -0.739. The van der Waals surface area contributed by atoms with Crippen LogP contribution in [0.25, 0.3) is 0 Å². The van der Waals surface area contributed by atoms with Crippen molar-refractivity contribution in [3.63, 3.8) is 0 Å². The molecule has 1 aromatic rings. The number of urea groups is 1. The van der Waals surface area contributed by atoms with Gasteiger partial charge in [0.2, 0.25) is 0 Å². The molecule has 0 radical (unpaired) electrons. The first-order valence-corrected chi connectivity index (χ1v) is 8.97. The van der Waals surface area contributed by atoms with Gasteiger partial charge in [-0.3, -0.25) is 4.79 Å². The summed E-state index contributed by atoms with van der Waals surface area (Å²) in [5, 5.41) is 14.7. The van der Waals surface area contributed by atoms with Crippen molar-refractivity contribution in [1.82, 2.24) is 5.32 Å². The number of aliphatic carboxylic acids is 1. The second-order valence-corrected chi connectivity index (χ2v) is 7.04. The summed E-state index contributed by atoms with van der Waals surface area (Å²) >= 11 is 0. The number of benzene rings is 1. The number of nitrogens with one attached hydrogen (secondary N) is 2. The Morgan fingerprint density at radius 3 is 2.60 bits per heavy atom. The Morgan fingerprint density at radius 1 is 1.24 bits per heavy atom. The van der Waals surface area contributed by atoms with Crippen LogP contribution in [0.15, 0.2) is 24.3 Å². The topological polar surface area (TPSA) is 87.7 Å². The van der Waals surface area contributed by atoms with E-state index < -0.39 is 5.97 Å². The largest absolute Gasteiger partial charge is 0.494 e. The molecule has 1 aliphatic rings. The van der Waals surface area contributed by atoms with Gasteiger partial charge in [-0.05, 0) is 50.2 Å². The number of rotatable bonds is 7. The zero-order valence-electron chi connectivity index (χ0n) is 15.0. The Balaban J connectivity index is 1.77. The van der Waals surface area contributed by atoms with Crippen LogP contribution in [0.2, 0.25) is 0 Å². The van der Waals surface area contributed by atoms with Crippen molar-refractivity contribution in [2.45, 2.75) is 52.0 Å². The predicted octanol–water partition coefficient (Wildman–Crippen LogP) is 3.88. The normalized spacial score (nSPS) is 20.1. The van der Waals surface area contributed by atoms with Gasteiger partial charge in [-0.1, -0.05) is 19.9 Å². The number of carboxylic acids is 1. The fourth-order valence-corrected chi connectivity index (χ4v) is 2.91. The van der Waals surface area contributed by atoms with Gasteiger partial charge in [0.1, 0.15) is 5.75 Å². The summed E-state index contributed by atoms with van der Waals surface area (Å²) < 4.78 is 5.70. The number of hydrogen-bond acceptors (Lipinski definition) is 3. The molecule has 1 fully saturated rings. The van der Waals surface area contributed by atoms with Crippen LogP contribution in [0.1, 0.15) is 46.0 Å². The molecule has 0 bridgehead atoms. The zero-order valence-corrected chi connectivity index (χ0v) is 15.0. The van der Waals surface area contributed by atoms with Gasteiger partial charge in [0.15, 0.2) is 0 Å². The average molecular weight is 348 g/mol. The lowest BCUT2D eigenvalue weighted by Gasteiger charge is -2.26. The first kappa shape index (κ1) is 19.1. The van der Waals surface area contributed by atoms with E-state index in [1.54, 1.807) is 6.07 Å². The van der Waals surface area contributed by atoms with Crippen LogP contribution in [0.4, 0.5) is 10.5 Å². The van der Waals surface area contributed by atoms with Crippen molar-refractivity contribution in [3.8, 4) is 5.75 Å². The molecular formula is C19H28N2O4. The smallest absolute Gasteiger partial charge is 0.319 e. The lowest BCUT2D eigenvalue weighted by molar-refractivity contribution is -0.142. The summed E-state index contributed by atoms with van der Waals surface area (Å²) in [6.07, 6.45) is 3.60. The third-order valence-electron chi connectivity index (χ3n) is 4.47. The van der Waals surface area contributed by atoms with Crippen molar-refractivity contribution in [2.75, 3.05) is 11.9 Å². The predicted molar refractivity (Wildman–Crippen MR) is 96.9 cm³/mol. The van der Waals surface area contributed by atoms with Gasteiger partial charge in [0.05, 0.1) is 12.5 Å². The number of ether oxygens (including phenoxy) is 1. The van der Waals surface area contributed by atoms with Gasteiger partial charge in [-0.25, -0.2) is 4.79 Å². The molecule has 1 saturated carbocycles. The van der Waals surface area contributed by atoms with Crippen molar-refractivity contribution in [3.05, 3.63) is 24.3 Å². The minimum absolute atomic E-state index is 0.0288. The quantitative estimate of drug-likeness (QED) is 0.698. The summed E-state index contributed by atoms with van der Waals surface area (Å²) in [6, 6.07) is 7.10. The second kappa shape index (κ2) is 9.30. The lowest BCUT2D eigenvalue weighted by atomic mass is 9.86. The molecule has 0 saturated heterocycles. The number of hydrogen-bond donors (Lipinski definition) is 3. The van der Waals surface area contributed by atoms with Crippen LogP contribution in [-0.4, -0.2) is 29.8 Å². The summed E-state index contributed by atoms with van der Waals surface area (Å²) in [4.78, 5) is 23.1. The molecule has 0 aliphatic heterocycles. The summed E-state index contributed by atoms with van der Waals surface area (Å²) in [6.45, 7) is 4.95. The highest BCUT2D eigenvalue weighted by Crippen LogP contribution is 2.24. The van der Waals surface area contributed by atoms with E-state index in [0.29, 0.717) is 43.9 Å². The van der Waals surface area contributed by atoms with E-state index in [0.717, 1.165) is 12.2 Å². The van der Waals surface area contributed by atoms with Crippen LogP contribution < -0.4 is 15.4 Å². The third-order valence-corrected chi connectivity index (χ3v) is 4.47. The van der Waals surface area contributed by atoms with E-state index >= 15 is 0 Å². The van der Waals surface area contributed by atoms with Gasteiger partial charge >= 0.3 is 12.0 Å². The standard InChI is InChI=1S/C19H28N2O4/c1-13(2)10-11-25-17-5-3-4-16(12-17)21-19(24)20-15-8-6-14(7-9-15)18(22)23/h3-5,12-15H,6-11H2,1-2H3,(H,22,23)(H2,20,21,24). The maximum atomic E-state index is 12.1. The lowest BCUT2D eigenvalue weighted by Crippen LogP contribution is -2.40. The molecule has 0 heterocycles. The fourth-order valence-electron chi connectivity index (χ4n) is 2.91. The Bertz CT molecular complexity index is 581. The van der Waals surface area contributed by atoms with Gasteiger partial charge in [-0.15, -0.1) is 0 Å². The molecule has 3 N–H and O–H groups in total. The molecule has 1 aliphatic carbocycles. The highest BCUT2D eigenvalue weighted by Gasteiger charge is 2.26. The molecule has 2 amide bonds. The molecular weight excluding hydrogens is 320 g/mol. The fraction of sp³-hybridized carbons (Fsp3) is 0.579. The number of anilines is 1. The molecule has 138 valence electrons. The number of carbonyl (C=O) groups excluding carboxylic acids is 1. The van der Waals surface area contributed by atoms with E-state index in [-0.39, 0.29) is 18.0 Å². The molecule has 25 heavy (non-hydrogen) atoms. The molecule has 6 heteroatoms. The number of carbonyl (C=O) groups is 2. The van der Waals surface area contributed by atoms with E-state index in [9.17, 15) is 9.59 Å². The molecule has 0 spiro atoms. The Labute approximate surface area is 149 Å². The van der Waals surface area contributed by atoms with Crippen LogP contribution in [0, 0.1) is 11.8 Å². The number of amides is 2. The Hall–Kier alpha value is -2.24. The molecule has 2 rings (SSSR count). The van der Waals surface area contributed by atoms with Gasteiger partial charge in [-0.2, -0.15) is 0 Å². The number of carboxylic acid groups (broad SMARTS) is 1. The molecule has 0 unspecified atom stereocenters. The third kappa shape index (κ3) is 6.64. The Kier molecular flexibility index (Phi) is 7.10. The summed E-state index contributed by atoms with van der Waals surface area (Å²) in [5.74, 6) is 0.307. The van der Waals surface area contributed by atoms with Gasteiger partial charge in [0, 0.05) is 17.8 Å². The van der Waals surface area contributed by atoms with Crippen LogP contribution in [0.3, 0.4) is 0 Å². The monoisotopic (exact) mass is 348 g/mol. The molecule has 1 aromatic carbocycles. The first-order chi connectivity index (χ1) is 11.9. The van der Waals surface area contributed by atoms with Crippen LogP contribution in [-0.2, 0) is 4.79 Å². The van der Waals surface area contributed by atoms with Gasteiger partial charge < -0.3 is 20.5 Å². The van der Waals surface area contributed by atoms with Crippen molar-refractivity contribution < 1.29 is 19.4 Å². The van der Waals surface area contributed by atoms with E-state index in [2.05, 4.69) is 24.5 Å². The first-order valence-electron chi connectivity index (χ1n) is 8.97. The summed E-state index contributed by atoms with van der Waals surface area (Å²) in [7, 11) is 0. The SMILES string of the molecule is CC(C)CCOc1cccc(NC(=O)NC2CCC(C(=O)O)CC2)c1. The summed E-state index contributed by atoms with van der Waals surface area (Å²) in [5.41, 5.74) is 0.679. The van der Waals surface area contributed by atoms with Crippen LogP contribution in [0.5, 0.6) is 5.75 Å². The molecule has 6 nitrogen and oxygen atoms in total. The average Bonchev–Trinajstić information content (AvgIpc) is 2.55. The molecule has 0 atom stereocenters. The second-order valence-electron chi connectivity index (χ2n) is 7.04. The maximum absolute atomic E-state index is 12.1. The van der Waals surface area contributed by atoms with E-state index in [1.165, 1.54) is 0 Å². The maximum Gasteiger partial charge on any atom is 0.319 e. The zero-order chi connectivity index (χ0) is 18.2. The van der Waals surface area contributed by atoms with Crippen molar-refractivity contribution in [1.29, 1.82) is 0 Å². The van der Waals surface area contributed by atoms with Crippen LogP contribution >= 0.6 is 0 Å². The van der Waals surface area contributed by atoms with Crippen molar-refractivity contribution in [2.24, 2.45) is 11.8 Å². The highest BCUT2D eigenvalue weighted by atomic mass is 16.5.